The number of hydrazone groups is 1. The van der Waals surface area contributed by atoms with Crippen molar-refractivity contribution in [1.82, 2.24) is 5.01 Å². The zero-order valence-electron chi connectivity index (χ0n) is 8.34. The molecule has 1 aliphatic rings. The van der Waals surface area contributed by atoms with Crippen LogP contribution in [0.1, 0.15) is 6.92 Å². The molecule has 0 unspecified atom stereocenters. The van der Waals surface area contributed by atoms with Crippen LogP contribution < -0.4 is 0 Å². The Morgan fingerprint density at radius 1 is 1.47 bits per heavy atom. The maximum Gasteiger partial charge on any atom is 0.451 e. The number of aliphatic imine (C=N–C) groups is 1. The van der Waals surface area contributed by atoms with Gasteiger partial charge in [-0.05, 0) is 19.1 Å². The first-order valence-corrected chi connectivity index (χ1v) is 4.12. The van der Waals surface area contributed by atoms with Gasteiger partial charge in [0.15, 0.2) is 0 Å². The molecule has 0 N–H and O–H groups in total. The van der Waals surface area contributed by atoms with Gasteiger partial charge >= 0.3 is 6.18 Å². The molecule has 0 amide bonds. The lowest BCUT2D eigenvalue weighted by atomic mass is 10.3. The van der Waals surface area contributed by atoms with Gasteiger partial charge in [0.1, 0.15) is 0 Å². The molecule has 0 saturated heterocycles. The Balaban J connectivity index is 3.07. The largest absolute Gasteiger partial charge is 0.451 e. The lowest BCUT2D eigenvalue weighted by Crippen LogP contribution is -2.38. The Morgan fingerprint density at radius 2 is 2.07 bits per heavy atom. The highest BCUT2D eigenvalue weighted by Crippen LogP contribution is 2.24. The van der Waals surface area contributed by atoms with Crippen LogP contribution in [0, 0.1) is 0 Å². The molecule has 0 fully saturated rings. The van der Waals surface area contributed by atoms with Gasteiger partial charge in [-0.2, -0.15) is 18.3 Å². The number of halogens is 3. The van der Waals surface area contributed by atoms with E-state index in [0.29, 0.717) is 10.7 Å². The topological polar surface area (TPSA) is 28.0 Å². The molecule has 0 aromatic rings. The summed E-state index contributed by atoms with van der Waals surface area (Å²) in [7, 11) is 1.07. The number of nitrogens with zero attached hydrogens (tertiary/aromatic N) is 3. The highest BCUT2D eigenvalue weighted by atomic mass is 19.4. The normalized spacial score (nSPS) is 18.2. The zero-order chi connectivity index (χ0) is 11.6. The summed E-state index contributed by atoms with van der Waals surface area (Å²) in [6, 6.07) is 0. The second-order valence-electron chi connectivity index (χ2n) is 2.92. The smallest absolute Gasteiger partial charge is 0.266 e. The Bertz CT molecular complexity index is 363. The number of allylic oxidation sites excluding steroid dienone is 2. The molecule has 0 spiro atoms. The van der Waals surface area contributed by atoms with E-state index < -0.39 is 12.0 Å². The lowest BCUT2D eigenvalue weighted by molar-refractivity contribution is -0.0673. The summed E-state index contributed by atoms with van der Waals surface area (Å²) in [5.41, 5.74) is 0.603. The van der Waals surface area contributed by atoms with E-state index in [0.717, 1.165) is 7.05 Å². The minimum Gasteiger partial charge on any atom is -0.266 e. The molecule has 0 aromatic carbocycles. The van der Waals surface area contributed by atoms with Crippen LogP contribution in [0.5, 0.6) is 0 Å². The van der Waals surface area contributed by atoms with Crippen molar-refractivity contribution in [3.8, 4) is 0 Å². The summed E-state index contributed by atoms with van der Waals surface area (Å²) in [5, 5.41) is 4.40. The third-order valence-corrected chi connectivity index (χ3v) is 1.71. The van der Waals surface area contributed by atoms with E-state index >= 15 is 0 Å². The zero-order valence-corrected chi connectivity index (χ0v) is 8.34. The van der Waals surface area contributed by atoms with Crippen molar-refractivity contribution in [2.45, 2.75) is 13.1 Å². The maximum atomic E-state index is 12.5. The summed E-state index contributed by atoms with van der Waals surface area (Å²) >= 11 is 0. The van der Waals surface area contributed by atoms with Gasteiger partial charge in [-0.1, -0.05) is 6.58 Å². The van der Waals surface area contributed by atoms with Crippen LogP contribution in [0.2, 0.25) is 0 Å². The van der Waals surface area contributed by atoms with Gasteiger partial charge in [0.25, 0.3) is 0 Å². The van der Waals surface area contributed by atoms with Crippen LogP contribution in [0.15, 0.2) is 34.5 Å². The monoisotopic (exact) mass is 217 g/mol. The average Bonchev–Trinajstić information content (AvgIpc) is 2.10. The van der Waals surface area contributed by atoms with E-state index in [9.17, 15) is 13.2 Å². The highest BCUT2D eigenvalue weighted by Gasteiger charge is 2.40. The predicted octanol–water partition coefficient (Wildman–Crippen LogP) is 2.34. The molecule has 0 radical (unpaired) electrons. The molecular formula is C9H10F3N3. The van der Waals surface area contributed by atoms with Gasteiger partial charge < -0.3 is 0 Å². The molecular weight excluding hydrogens is 207 g/mol. The number of rotatable bonds is 0. The molecule has 0 aliphatic carbocycles. The van der Waals surface area contributed by atoms with Gasteiger partial charge in [0.05, 0.1) is 11.4 Å². The second-order valence-corrected chi connectivity index (χ2v) is 2.92. The first-order valence-electron chi connectivity index (χ1n) is 4.12. The van der Waals surface area contributed by atoms with Crippen molar-refractivity contribution in [3.05, 3.63) is 24.4 Å². The van der Waals surface area contributed by atoms with Crippen molar-refractivity contribution in [3.63, 3.8) is 0 Å². The SMILES string of the molecule is C=C1C=CC(C)=NN1C(=NC)C(F)(F)F. The minimum absolute atomic E-state index is 0.138. The summed E-state index contributed by atoms with van der Waals surface area (Å²) in [6.07, 6.45) is -1.49. The van der Waals surface area contributed by atoms with E-state index in [1.807, 2.05) is 0 Å². The van der Waals surface area contributed by atoms with E-state index in [1.54, 1.807) is 13.0 Å². The molecule has 3 nitrogen and oxygen atoms in total. The Hall–Kier alpha value is -1.59. The van der Waals surface area contributed by atoms with Crippen LogP contribution >= 0.6 is 0 Å². The van der Waals surface area contributed by atoms with Crippen molar-refractivity contribution < 1.29 is 13.2 Å². The second kappa shape index (κ2) is 3.88. The molecule has 82 valence electrons. The predicted molar refractivity (Wildman–Crippen MR) is 52.6 cm³/mol. The van der Waals surface area contributed by atoms with E-state index in [-0.39, 0.29) is 5.70 Å². The summed E-state index contributed by atoms with van der Waals surface area (Å²) < 4.78 is 37.5. The van der Waals surface area contributed by atoms with Crippen molar-refractivity contribution in [2.24, 2.45) is 10.1 Å². The van der Waals surface area contributed by atoms with Gasteiger partial charge in [-0.3, -0.25) is 4.99 Å². The molecule has 1 rings (SSSR count). The van der Waals surface area contributed by atoms with Crippen molar-refractivity contribution in [2.75, 3.05) is 7.05 Å². The summed E-state index contributed by atoms with van der Waals surface area (Å²) in [5.74, 6) is -1.07. The fraction of sp³-hybridized carbons (Fsp3) is 0.333. The van der Waals surface area contributed by atoms with Gasteiger partial charge in [0, 0.05) is 7.05 Å². The molecule has 15 heavy (non-hydrogen) atoms. The van der Waals surface area contributed by atoms with Gasteiger partial charge in [0.2, 0.25) is 5.84 Å². The third kappa shape index (κ3) is 2.45. The number of alkyl halides is 3. The Kier molecular flexibility index (Phi) is 2.97. The molecule has 1 heterocycles. The standard InChI is InChI=1S/C9H10F3N3/c1-6-4-5-7(2)15(14-6)8(13-3)9(10,11)12/h4-5H,2H2,1,3H3. The first-order chi connectivity index (χ1) is 6.86. The van der Waals surface area contributed by atoms with Crippen LogP contribution in [0.4, 0.5) is 13.2 Å². The molecule has 0 bridgehead atoms. The van der Waals surface area contributed by atoms with Crippen molar-refractivity contribution in [1.29, 1.82) is 0 Å². The lowest BCUT2D eigenvalue weighted by Gasteiger charge is -2.24. The first kappa shape index (κ1) is 11.5. The maximum absolute atomic E-state index is 12.5. The van der Waals surface area contributed by atoms with Crippen LogP contribution in [0.25, 0.3) is 0 Å². The highest BCUT2D eigenvalue weighted by molar-refractivity contribution is 5.97. The quantitative estimate of drug-likeness (QED) is 0.452. The fourth-order valence-electron chi connectivity index (χ4n) is 1.07. The number of amidine groups is 1. The van der Waals surface area contributed by atoms with Gasteiger partial charge in [-0.15, -0.1) is 0 Å². The van der Waals surface area contributed by atoms with Crippen molar-refractivity contribution >= 4 is 11.5 Å². The summed E-state index contributed by atoms with van der Waals surface area (Å²) in [4.78, 5) is 3.18. The van der Waals surface area contributed by atoms with Crippen LogP contribution in [-0.2, 0) is 0 Å². The molecule has 0 saturated carbocycles. The van der Waals surface area contributed by atoms with E-state index in [2.05, 4.69) is 16.7 Å². The molecule has 6 heteroatoms. The Morgan fingerprint density at radius 3 is 2.53 bits per heavy atom. The summed E-state index contributed by atoms with van der Waals surface area (Å²) in [6.45, 7) is 5.06. The molecule has 1 aliphatic heterocycles. The third-order valence-electron chi connectivity index (χ3n) is 1.71. The van der Waals surface area contributed by atoms with E-state index in [4.69, 9.17) is 0 Å². The van der Waals surface area contributed by atoms with Crippen LogP contribution in [0.3, 0.4) is 0 Å². The van der Waals surface area contributed by atoms with Crippen LogP contribution in [-0.4, -0.2) is 29.8 Å². The Labute approximate surface area is 85.3 Å². The average molecular weight is 217 g/mol. The number of hydrogen-bond acceptors (Lipinski definition) is 2. The molecule has 0 atom stereocenters. The molecule has 0 aromatic heterocycles. The number of hydrogen-bond donors (Lipinski definition) is 0. The van der Waals surface area contributed by atoms with Gasteiger partial charge in [-0.25, -0.2) is 5.01 Å². The fourth-order valence-corrected chi connectivity index (χ4v) is 1.07. The van der Waals surface area contributed by atoms with E-state index in [1.165, 1.54) is 6.08 Å². The minimum atomic E-state index is -4.54.